The van der Waals surface area contributed by atoms with E-state index in [-0.39, 0.29) is 0 Å². The number of ether oxygens (including phenoxy) is 6. The van der Waals surface area contributed by atoms with Gasteiger partial charge < -0.3 is 38.2 Å². The van der Waals surface area contributed by atoms with Crippen molar-refractivity contribution in [2.24, 2.45) is 0 Å². The first kappa shape index (κ1) is 29.1. The van der Waals surface area contributed by atoms with Gasteiger partial charge in [-0.25, -0.2) is 0 Å². The monoisotopic (exact) mass is 471 g/mol. The predicted molar refractivity (Wildman–Crippen MR) is 128 cm³/mol. The van der Waals surface area contributed by atoms with Crippen molar-refractivity contribution in [1.29, 1.82) is 0 Å². The Labute approximate surface area is 198 Å². The van der Waals surface area contributed by atoms with Gasteiger partial charge in [0.25, 0.3) is 0 Å². The molecular weight excluding hydrogens is 430 g/mol. The lowest BCUT2D eigenvalue weighted by Gasteiger charge is -2.22. The Morgan fingerprint density at radius 1 is 0.636 bits per heavy atom. The molecule has 0 atom stereocenters. The van der Waals surface area contributed by atoms with E-state index >= 15 is 0 Å². The van der Waals surface area contributed by atoms with E-state index in [9.17, 15) is 0 Å². The lowest BCUT2D eigenvalue weighted by atomic mass is 10.3. The van der Waals surface area contributed by atoms with Crippen molar-refractivity contribution in [3.8, 4) is 0 Å². The molecule has 190 valence electrons. The molecule has 0 fully saturated rings. The Bertz CT molecular complexity index is 607. The van der Waals surface area contributed by atoms with Crippen LogP contribution in [0.25, 0.3) is 5.57 Å². The number of hydrogen-bond acceptors (Lipinski definition) is 11. The molecule has 0 aliphatic carbocycles. The smallest absolute Gasteiger partial charge is 0.230 e. The third kappa shape index (κ3) is 13.4. The minimum Gasteiger partial charge on any atom is -0.382 e. The second-order valence-corrected chi connectivity index (χ2v) is 7.32. The zero-order valence-corrected chi connectivity index (χ0v) is 20.9. The summed E-state index contributed by atoms with van der Waals surface area (Å²) < 4.78 is 31.9. The van der Waals surface area contributed by atoms with Gasteiger partial charge in [-0.05, 0) is 12.5 Å². The van der Waals surface area contributed by atoms with Gasteiger partial charge in [0.15, 0.2) is 5.82 Å². The van der Waals surface area contributed by atoms with Gasteiger partial charge in [-0.3, -0.25) is 0 Å². The Balaban J connectivity index is 2.47. The molecule has 0 aliphatic rings. The summed E-state index contributed by atoms with van der Waals surface area (Å²) in [6.45, 7) is 12.6. The fraction of sp³-hybridized carbons (Fsp3) is 0.773. The molecule has 11 heteroatoms. The van der Waals surface area contributed by atoms with E-state index in [4.69, 9.17) is 28.4 Å². The summed E-state index contributed by atoms with van der Waals surface area (Å²) in [6, 6.07) is 0. The first-order valence-electron chi connectivity index (χ1n) is 11.1. The van der Waals surface area contributed by atoms with Crippen LogP contribution in [-0.4, -0.2) is 122 Å². The number of likely N-dealkylation sites (N-methyl/N-ethyl adjacent to an activating group) is 2. The van der Waals surface area contributed by atoms with Gasteiger partial charge in [0.05, 0.1) is 66.1 Å². The van der Waals surface area contributed by atoms with E-state index < -0.39 is 0 Å². The van der Waals surface area contributed by atoms with Crippen molar-refractivity contribution in [2.45, 2.75) is 6.92 Å². The Morgan fingerprint density at radius 2 is 1.00 bits per heavy atom. The minimum absolute atomic E-state index is 0.525. The fourth-order valence-electron chi connectivity index (χ4n) is 2.42. The minimum atomic E-state index is 0.525. The average molecular weight is 472 g/mol. The van der Waals surface area contributed by atoms with E-state index in [1.54, 1.807) is 14.2 Å². The molecule has 0 bridgehead atoms. The number of methoxy groups -OCH3 is 2. The Hall–Kier alpha value is -1.89. The molecule has 1 heterocycles. The summed E-state index contributed by atoms with van der Waals surface area (Å²) in [7, 11) is 7.14. The van der Waals surface area contributed by atoms with Crippen LogP contribution < -0.4 is 9.80 Å². The van der Waals surface area contributed by atoms with E-state index in [1.165, 1.54) is 0 Å². The van der Waals surface area contributed by atoms with Crippen molar-refractivity contribution in [1.82, 2.24) is 15.0 Å². The van der Waals surface area contributed by atoms with Crippen molar-refractivity contribution in [3.63, 3.8) is 0 Å². The highest BCUT2D eigenvalue weighted by Crippen LogP contribution is 2.16. The number of rotatable bonds is 21. The van der Waals surface area contributed by atoms with Gasteiger partial charge >= 0.3 is 0 Å². The fourth-order valence-corrected chi connectivity index (χ4v) is 2.42. The molecule has 0 aromatic carbocycles. The molecule has 0 saturated heterocycles. The van der Waals surface area contributed by atoms with Gasteiger partial charge in [0.2, 0.25) is 11.9 Å². The average Bonchev–Trinajstić information content (AvgIpc) is 2.81. The van der Waals surface area contributed by atoms with Crippen LogP contribution in [0.5, 0.6) is 0 Å². The largest absolute Gasteiger partial charge is 0.382 e. The highest BCUT2D eigenvalue weighted by atomic mass is 16.5. The molecule has 1 aromatic heterocycles. The molecule has 33 heavy (non-hydrogen) atoms. The first-order chi connectivity index (χ1) is 16.0. The summed E-state index contributed by atoms with van der Waals surface area (Å²) in [4.78, 5) is 17.6. The number of hydrogen-bond donors (Lipinski definition) is 0. The number of nitrogens with zero attached hydrogens (tertiary/aromatic N) is 5. The molecule has 0 saturated carbocycles. The molecule has 0 N–H and O–H groups in total. The molecule has 0 aliphatic heterocycles. The van der Waals surface area contributed by atoms with Gasteiger partial charge in [-0.15, -0.1) is 0 Å². The molecule has 1 aromatic rings. The van der Waals surface area contributed by atoms with Crippen molar-refractivity contribution < 1.29 is 28.4 Å². The first-order valence-corrected chi connectivity index (χ1v) is 11.1. The van der Waals surface area contributed by atoms with Crippen LogP contribution in [-0.2, 0) is 28.4 Å². The zero-order valence-electron chi connectivity index (χ0n) is 20.9. The van der Waals surface area contributed by atoms with E-state index in [0.29, 0.717) is 96.9 Å². The van der Waals surface area contributed by atoms with Crippen LogP contribution in [0.2, 0.25) is 0 Å². The van der Waals surface area contributed by atoms with E-state index in [2.05, 4.69) is 21.5 Å². The van der Waals surface area contributed by atoms with Crippen LogP contribution in [0.4, 0.5) is 11.9 Å². The SMILES string of the molecule is C=C(C)c1nc(N(C)CCOCCOCCOC)nc(N(C)CCOCCOCCOC)n1. The van der Waals surface area contributed by atoms with Crippen LogP contribution in [0.3, 0.4) is 0 Å². The molecular formula is C22H41N5O6. The molecule has 0 radical (unpaired) electrons. The van der Waals surface area contributed by atoms with Crippen LogP contribution in [0, 0.1) is 0 Å². The third-order valence-corrected chi connectivity index (χ3v) is 4.43. The van der Waals surface area contributed by atoms with Gasteiger partial charge in [0, 0.05) is 41.4 Å². The third-order valence-electron chi connectivity index (χ3n) is 4.43. The predicted octanol–water partition coefficient (Wildman–Crippen LogP) is 1.14. The highest BCUT2D eigenvalue weighted by molar-refractivity contribution is 5.57. The Kier molecular flexibility index (Phi) is 16.4. The highest BCUT2D eigenvalue weighted by Gasteiger charge is 2.14. The van der Waals surface area contributed by atoms with Gasteiger partial charge in [-0.1, -0.05) is 6.58 Å². The summed E-state index contributed by atoms with van der Waals surface area (Å²) in [5.74, 6) is 1.70. The summed E-state index contributed by atoms with van der Waals surface area (Å²) in [5, 5.41) is 0. The lowest BCUT2D eigenvalue weighted by molar-refractivity contribution is 0.0265. The maximum Gasteiger partial charge on any atom is 0.230 e. The van der Waals surface area contributed by atoms with E-state index in [1.807, 2.05) is 30.8 Å². The number of allylic oxidation sites excluding steroid dienone is 1. The normalized spacial score (nSPS) is 11.1. The van der Waals surface area contributed by atoms with E-state index in [0.717, 1.165) is 5.57 Å². The van der Waals surface area contributed by atoms with Crippen LogP contribution in [0.1, 0.15) is 12.7 Å². The Morgan fingerprint density at radius 3 is 1.36 bits per heavy atom. The summed E-state index contributed by atoms with van der Waals surface area (Å²) in [5.41, 5.74) is 0.774. The zero-order chi connectivity index (χ0) is 24.3. The van der Waals surface area contributed by atoms with Crippen LogP contribution >= 0.6 is 0 Å². The topological polar surface area (TPSA) is 101 Å². The van der Waals surface area contributed by atoms with Crippen LogP contribution in [0.15, 0.2) is 6.58 Å². The van der Waals surface area contributed by atoms with Gasteiger partial charge in [0.1, 0.15) is 0 Å². The van der Waals surface area contributed by atoms with Crippen molar-refractivity contribution >= 4 is 17.5 Å². The second kappa shape index (κ2) is 18.5. The molecule has 0 amide bonds. The maximum absolute atomic E-state index is 5.63. The number of aromatic nitrogens is 3. The molecule has 11 nitrogen and oxygen atoms in total. The second-order valence-electron chi connectivity index (χ2n) is 7.32. The number of anilines is 2. The van der Waals surface area contributed by atoms with Crippen molar-refractivity contribution in [3.05, 3.63) is 12.4 Å². The molecule has 0 unspecified atom stereocenters. The molecule has 0 spiro atoms. The quantitative estimate of drug-likeness (QED) is 0.241. The molecule has 1 rings (SSSR count). The summed E-state index contributed by atoms with van der Waals surface area (Å²) in [6.07, 6.45) is 0. The summed E-state index contributed by atoms with van der Waals surface area (Å²) >= 11 is 0. The van der Waals surface area contributed by atoms with Crippen molar-refractivity contribution in [2.75, 3.05) is 117 Å². The standard InChI is InChI=1S/C22H41N5O6/c1-19(2)20-23-21(26(3)7-9-30-15-17-32-13-11-28-5)25-22(24-20)27(4)8-10-31-16-18-33-14-12-29-6/h1,7-18H2,2-6H3. The maximum atomic E-state index is 5.63. The lowest BCUT2D eigenvalue weighted by Crippen LogP contribution is -2.29. The van der Waals surface area contributed by atoms with Gasteiger partial charge in [-0.2, -0.15) is 15.0 Å².